The van der Waals surface area contributed by atoms with Crippen LogP contribution in [-0.4, -0.2) is 18.2 Å². The summed E-state index contributed by atoms with van der Waals surface area (Å²) in [5.74, 6) is 5.21. The number of ether oxygens (including phenoxy) is 1. The monoisotopic (exact) mass is 274 g/mol. The van der Waals surface area contributed by atoms with Crippen molar-refractivity contribution in [3.8, 4) is 0 Å². The summed E-state index contributed by atoms with van der Waals surface area (Å²) in [6.07, 6.45) is 0.437. The highest BCUT2D eigenvalue weighted by molar-refractivity contribution is 6.30. The average molecular weight is 275 g/mol. The third kappa shape index (κ3) is 3.92. The van der Waals surface area contributed by atoms with E-state index < -0.39 is 5.60 Å². The highest BCUT2D eigenvalue weighted by Crippen LogP contribution is 2.21. The molecule has 0 heterocycles. The van der Waals surface area contributed by atoms with Crippen LogP contribution >= 0.6 is 11.6 Å². The number of rotatable bonds is 6. The van der Waals surface area contributed by atoms with Crippen LogP contribution in [0.5, 0.6) is 0 Å². The van der Waals surface area contributed by atoms with E-state index in [2.05, 4.69) is 5.43 Å². The molecule has 0 fully saturated rings. The summed E-state index contributed by atoms with van der Waals surface area (Å²) in [5, 5.41) is 0.387. The van der Waals surface area contributed by atoms with E-state index in [1.807, 2.05) is 20.8 Å². The second kappa shape index (κ2) is 6.48. The Balaban J connectivity index is 2.85. The predicted octanol–water partition coefficient (Wildman–Crippen LogP) is 2.67. The molecule has 1 aromatic rings. The number of hydrazine groups is 1. The summed E-state index contributed by atoms with van der Waals surface area (Å²) >= 11 is 5.72. The zero-order valence-corrected chi connectivity index (χ0v) is 11.7. The number of nitrogens with two attached hydrogens (primary N) is 1. The van der Waals surface area contributed by atoms with Crippen molar-refractivity contribution in [3.63, 3.8) is 0 Å². The summed E-state index contributed by atoms with van der Waals surface area (Å²) in [5.41, 5.74) is 2.78. The maximum Gasteiger partial charge on any atom is 0.127 e. The normalized spacial score (nSPS) is 13.7. The minimum absolute atomic E-state index is 0.187. The minimum atomic E-state index is -0.477. The van der Waals surface area contributed by atoms with Crippen molar-refractivity contribution in [3.05, 3.63) is 34.6 Å². The van der Waals surface area contributed by atoms with Gasteiger partial charge in [-0.2, -0.15) is 0 Å². The zero-order chi connectivity index (χ0) is 13.8. The first-order chi connectivity index (χ1) is 8.40. The van der Waals surface area contributed by atoms with E-state index in [9.17, 15) is 4.39 Å². The molecular formula is C13H20ClFN2O. The molecule has 5 heteroatoms. The Bertz CT molecular complexity index is 399. The smallest absolute Gasteiger partial charge is 0.127 e. The van der Waals surface area contributed by atoms with Crippen molar-refractivity contribution in [2.75, 3.05) is 6.61 Å². The van der Waals surface area contributed by atoms with Crippen molar-refractivity contribution in [1.82, 2.24) is 5.43 Å². The van der Waals surface area contributed by atoms with Crippen LogP contribution in [0.25, 0.3) is 0 Å². The number of nitrogens with one attached hydrogen (secondary N) is 1. The second-order valence-electron chi connectivity index (χ2n) is 4.70. The number of benzene rings is 1. The van der Waals surface area contributed by atoms with Gasteiger partial charge >= 0.3 is 0 Å². The maximum absolute atomic E-state index is 13.7. The fourth-order valence-electron chi connectivity index (χ4n) is 1.89. The summed E-state index contributed by atoms with van der Waals surface area (Å²) in [6.45, 7) is 6.34. The molecule has 0 aliphatic carbocycles. The molecule has 1 rings (SSSR count). The molecule has 0 saturated carbocycles. The Morgan fingerprint density at radius 3 is 2.67 bits per heavy atom. The Kier molecular flexibility index (Phi) is 5.53. The lowest BCUT2D eigenvalue weighted by molar-refractivity contribution is -0.0382. The Morgan fingerprint density at radius 2 is 2.17 bits per heavy atom. The van der Waals surface area contributed by atoms with Crippen molar-refractivity contribution in [2.45, 2.75) is 38.8 Å². The van der Waals surface area contributed by atoms with Crippen LogP contribution in [0.1, 0.15) is 26.3 Å². The Morgan fingerprint density at radius 1 is 1.50 bits per heavy atom. The molecule has 0 radical (unpaired) electrons. The van der Waals surface area contributed by atoms with E-state index in [1.165, 1.54) is 6.07 Å². The van der Waals surface area contributed by atoms with Crippen molar-refractivity contribution < 1.29 is 9.13 Å². The fraction of sp³-hybridized carbons (Fsp3) is 0.538. The number of hydrogen-bond donors (Lipinski definition) is 2. The molecule has 102 valence electrons. The molecule has 0 aromatic heterocycles. The van der Waals surface area contributed by atoms with Gasteiger partial charge in [-0.15, -0.1) is 0 Å². The lowest BCUT2D eigenvalue weighted by Gasteiger charge is -2.33. The quantitative estimate of drug-likeness (QED) is 0.619. The highest BCUT2D eigenvalue weighted by atomic mass is 35.5. The van der Waals surface area contributed by atoms with Crippen molar-refractivity contribution in [1.29, 1.82) is 0 Å². The summed E-state index contributed by atoms with van der Waals surface area (Å²) in [7, 11) is 0. The molecule has 0 bridgehead atoms. The molecule has 1 unspecified atom stereocenters. The molecule has 3 N–H and O–H groups in total. The van der Waals surface area contributed by atoms with Crippen molar-refractivity contribution >= 4 is 11.6 Å². The molecule has 0 saturated heterocycles. The average Bonchev–Trinajstić information content (AvgIpc) is 2.27. The first kappa shape index (κ1) is 15.4. The molecule has 0 aliphatic rings. The largest absolute Gasteiger partial charge is 0.374 e. The molecule has 1 atom stereocenters. The molecule has 0 spiro atoms. The zero-order valence-electron chi connectivity index (χ0n) is 11.0. The van der Waals surface area contributed by atoms with E-state index in [0.29, 0.717) is 23.6 Å². The van der Waals surface area contributed by atoms with E-state index in [-0.39, 0.29) is 11.9 Å². The van der Waals surface area contributed by atoms with E-state index in [0.717, 1.165) is 0 Å². The number of hydrogen-bond acceptors (Lipinski definition) is 3. The topological polar surface area (TPSA) is 47.3 Å². The maximum atomic E-state index is 13.7. The standard InChI is InChI=1S/C13H20ClFN2O/c1-4-18-13(2,3)12(17-16)7-9-5-6-10(14)8-11(9)15/h5-6,8,12,17H,4,7,16H2,1-3H3. The minimum Gasteiger partial charge on any atom is -0.374 e. The predicted molar refractivity (Wildman–Crippen MR) is 71.9 cm³/mol. The van der Waals surface area contributed by atoms with Gasteiger partial charge in [0.25, 0.3) is 0 Å². The van der Waals surface area contributed by atoms with Crippen LogP contribution in [0.3, 0.4) is 0 Å². The van der Waals surface area contributed by atoms with Crippen LogP contribution in [-0.2, 0) is 11.2 Å². The third-order valence-electron chi connectivity index (χ3n) is 3.00. The van der Waals surface area contributed by atoms with E-state index in [1.54, 1.807) is 12.1 Å². The SMILES string of the molecule is CCOC(C)(C)C(Cc1ccc(Cl)cc1F)NN. The molecule has 0 aliphatic heterocycles. The molecule has 18 heavy (non-hydrogen) atoms. The Hall–Kier alpha value is -0.680. The molecule has 3 nitrogen and oxygen atoms in total. The van der Waals surface area contributed by atoms with E-state index >= 15 is 0 Å². The van der Waals surface area contributed by atoms with Crippen LogP contribution < -0.4 is 11.3 Å². The lowest BCUT2D eigenvalue weighted by atomic mass is 9.92. The van der Waals surface area contributed by atoms with Gasteiger partial charge < -0.3 is 4.74 Å². The van der Waals surface area contributed by atoms with Gasteiger partial charge in [0.2, 0.25) is 0 Å². The van der Waals surface area contributed by atoms with Crippen LogP contribution in [0.4, 0.5) is 4.39 Å². The van der Waals surface area contributed by atoms with Gasteiger partial charge in [-0.25, -0.2) is 4.39 Å². The molecule has 1 aromatic carbocycles. The number of halogens is 2. The van der Waals surface area contributed by atoms with Gasteiger partial charge in [-0.05, 0) is 44.9 Å². The summed E-state index contributed by atoms with van der Waals surface area (Å²) in [4.78, 5) is 0. The van der Waals surface area contributed by atoms with Gasteiger partial charge in [0.1, 0.15) is 5.82 Å². The van der Waals surface area contributed by atoms with Gasteiger partial charge in [0, 0.05) is 11.6 Å². The van der Waals surface area contributed by atoms with Crippen LogP contribution in [0.2, 0.25) is 5.02 Å². The summed E-state index contributed by atoms with van der Waals surface area (Å²) < 4.78 is 19.4. The fourth-order valence-corrected chi connectivity index (χ4v) is 2.04. The first-order valence-corrected chi connectivity index (χ1v) is 6.32. The van der Waals surface area contributed by atoms with Crippen LogP contribution in [0.15, 0.2) is 18.2 Å². The van der Waals surface area contributed by atoms with Gasteiger partial charge in [0.15, 0.2) is 0 Å². The molecular weight excluding hydrogens is 255 g/mol. The Labute approximate surface area is 112 Å². The van der Waals surface area contributed by atoms with Gasteiger partial charge in [-0.1, -0.05) is 17.7 Å². The third-order valence-corrected chi connectivity index (χ3v) is 3.23. The van der Waals surface area contributed by atoms with Gasteiger partial charge in [0.05, 0.1) is 11.6 Å². The van der Waals surface area contributed by atoms with E-state index in [4.69, 9.17) is 22.2 Å². The van der Waals surface area contributed by atoms with Crippen LogP contribution in [0, 0.1) is 5.82 Å². The highest BCUT2D eigenvalue weighted by Gasteiger charge is 2.30. The molecule has 0 amide bonds. The van der Waals surface area contributed by atoms with Gasteiger partial charge in [-0.3, -0.25) is 11.3 Å². The first-order valence-electron chi connectivity index (χ1n) is 5.94. The lowest BCUT2D eigenvalue weighted by Crippen LogP contribution is -2.52. The second-order valence-corrected chi connectivity index (χ2v) is 5.13. The van der Waals surface area contributed by atoms with Crippen molar-refractivity contribution in [2.24, 2.45) is 5.84 Å². The summed E-state index contributed by atoms with van der Waals surface area (Å²) in [6, 6.07) is 4.46.